The van der Waals surface area contributed by atoms with Gasteiger partial charge in [0.25, 0.3) is 0 Å². The summed E-state index contributed by atoms with van der Waals surface area (Å²) in [5, 5.41) is 16.4. The van der Waals surface area contributed by atoms with Crippen LogP contribution in [0.25, 0.3) is 5.69 Å². The number of benzene rings is 1. The number of hydrogen-bond acceptors (Lipinski definition) is 7. The number of urea groups is 1. The van der Waals surface area contributed by atoms with Gasteiger partial charge in [-0.1, -0.05) is 37.7 Å². The number of rotatable bonds is 7. The molecule has 1 heterocycles. The van der Waals surface area contributed by atoms with Crippen LogP contribution in [0.1, 0.15) is 20.8 Å². The summed E-state index contributed by atoms with van der Waals surface area (Å²) in [5.41, 5.74) is 0.657. The maximum Gasteiger partial charge on any atom is 0.321 e. The average Bonchev–Trinajstić information content (AvgIpc) is 3.07. The first kappa shape index (κ1) is 19.7. The van der Waals surface area contributed by atoms with E-state index < -0.39 is 17.2 Å². The normalized spacial score (nSPS) is 11.9. The summed E-state index contributed by atoms with van der Waals surface area (Å²) < 4.78 is 6.81. The Morgan fingerprint density at radius 3 is 2.69 bits per heavy atom. The second-order valence-electron chi connectivity index (χ2n) is 5.90. The van der Waals surface area contributed by atoms with Gasteiger partial charge < -0.3 is 10.1 Å². The van der Waals surface area contributed by atoms with E-state index in [1.54, 1.807) is 20.1 Å². The van der Waals surface area contributed by atoms with E-state index in [4.69, 9.17) is 4.74 Å². The summed E-state index contributed by atoms with van der Waals surface area (Å²) in [5.74, 6) is 0.478. The highest BCUT2D eigenvalue weighted by molar-refractivity contribution is 8.00. The molecule has 140 valence electrons. The molecule has 2 rings (SSSR count). The molecule has 1 unspecified atom stereocenters. The van der Waals surface area contributed by atoms with Gasteiger partial charge in [-0.15, -0.1) is 5.10 Å². The Bertz CT molecular complexity index is 764. The number of imide groups is 1. The molecule has 0 aliphatic carbocycles. The van der Waals surface area contributed by atoms with E-state index >= 15 is 0 Å². The van der Waals surface area contributed by atoms with Crippen molar-refractivity contribution in [3.63, 3.8) is 0 Å². The SMILES string of the molecule is COc1ccccc1-n1nnnc1SC(C)C(=O)NC(=O)NCC(C)C. The number of nitrogens with zero attached hydrogens (tertiary/aromatic N) is 4. The molecule has 3 amide bonds. The Morgan fingerprint density at radius 1 is 1.27 bits per heavy atom. The molecule has 2 aromatic rings. The van der Waals surface area contributed by atoms with Crippen molar-refractivity contribution in [2.75, 3.05) is 13.7 Å². The first-order valence-electron chi connectivity index (χ1n) is 8.09. The number of tetrazole rings is 1. The van der Waals surface area contributed by atoms with Crippen molar-refractivity contribution in [3.8, 4) is 11.4 Å². The van der Waals surface area contributed by atoms with E-state index in [1.165, 1.54) is 4.68 Å². The first-order valence-corrected chi connectivity index (χ1v) is 8.97. The van der Waals surface area contributed by atoms with Crippen molar-refractivity contribution in [3.05, 3.63) is 24.3 Å². The van der Waals surface area contributed by atoms with Crippen molar-refractivity contribution in [1.29, 1.82) is 0 Å². The lowest BCUT2D eigenvalue weighted by Crippen LogP contribution is -2.43. The lowest BCUT2D eigenvalue weighted by atomic mass is 10.2. The number of thioether (sulfide) groups is 1. The van der Waals surface area contributed by atoms with E-state index in [0.29, 0.717) is 29.1 Å². The number of aromatic nitrogens is 4. The highest BCUT2D eigenvalue weighted by Crippen LogP contribution is 2.27. The van der Waals surface area contributed by atoms with Crippen LogP contribution in [0.3, 0.4) is 0 Å². The minimum atomic E-state index is -0.570. The molecule has 26 heavy (non-hydrogen) atoms. The van der Waals surface area contributed by atoms with Gasteiger partial charge >= 0.3 is 6.03 Å². The van der Waals surface area contributed by atoms with Crippen molar-refractivity contribution in [1.82, 2.24) is 30.8 Å². The third-order valence-corrected chi connectivity index (χ3v) is 4.35. The van der Waals surface area contributed by atoms with Crippen LogP contribution in [0.4, 0.5) is 4.79 Å². The molecule has 1 aromatic heterocycles. The molecule has 0 aliphatic heterocycles. The predicted molar refractivity (Wildman–Crippen MR) is 97.4 cm³/mol. The van der Waals surface area contributed by atoms with Gasteiger partial charge in [0.15, 0.2) is 0 Å². The fourth-order valence-corrected chi connectivity index (χ4v) is 2.78. The van der Waals surface area contributed by atoms with Crippen LogP contribution in [-0.4, -0.2) is 51.1 Å². The van der Waals surface area contributed by atoms with Gasteiger partial charge in [0, 0.05) is 6.54 Å². The molecule has 0 radical (unpaired) electrons. The van der Waals surface area contributed by atoms with Crippen LogP contribution in [-0.2, 0) is 4.79 Å². The summed E-state index contributed by atoms with van der Waals surface area (Å²) in [6, 6.07) is 6.76. The van der Waals surface area contributed by atoms with Crippen molar-refractivity contribution in [2.24, 2.45) is 5.92 Å². The number of carbonyl (C=O) groups is 2. The Morgan fingerprint density at radius 2 is 2.00 bits per heavy atom. The molecule has 0 saturated heterocycles. The largest absolute Gasteiger partial charge is 0.494 e. The van der Waals surface area contributed by atoms with Crippen LogP contribution in [0.2, 0.25) is 0 Å². The van der Waals surface area contributed by atoms with Crippen LogP contribution >= 0.6 is 11.8 Å². The Labute approximate surface area is 155 Å². The van der Waals surface area contributed by atoms with E-state index in [0.717, 1.165) is 11.8 Å². The highest BCUT2D eigenvalue weighted by Gasteiger charge is 2.21. The fourth-order valence-electron chi connectivity index (χ4n) is 1.97. The minimum Gasteiger partial charge on any atom is -0.494 e. The molecular weight excluding hydrogens is 356 g/mol. The zero-order valence-electron chi connectivity index (χ0n) is 15.1. The van der Waals surface area contributed by atoms with E-state index in [-0.39, 0.29) is 0 Å². The topological polar surface area (TPSA) is 111 Å². The van der Waals surface area contributed by atoms with E-state index in [9.17, 15) is 9.59 Å². The predicted octanol–water partition coefficient (Wildman–Crippen LogP) is 1.63. The molecule has 0 bridgehead atoms. The summed E-state index contributed by atoms with van der Waals surface area (Å²) in [6.45, 7) is 6.11. The maximum absolute atomic E-state index is 12.2. The molecule has 0 aliphatic rings. The Balaban J connectivity index is 2.04. The smallest absolute Gasteiger partial charge is 0.321 e. The quantitative estimate of drug-likeness (QED) is 0.705. The van der Waals surface area contributed by atoms with Crippen molar-refractivity contribution in [2.45, 2.75) is 31.2 Å². The molecule has 9 nitrogen and oxygen atoms in total. The summed E-state index contributed by atoms with van der Waals surface area (Å²) >= 11 is 1.14. The number of para-hydroxylation sites is 2. The summed E-state index contributed by atoms with van der Waals surface area (Å²) in [6.07, 6.45) is 0. The fraction of sp³-hybridized carbons (Fsp3) is 0.438. The van der Waals surface area contributed by atoms with Gasteiger partial charge in [-0.2, -0.15) is 4.68 Å². The maximum atomic E-state index is 12.2. The van der Waals surface area contributed by atoms with E-state index in [2.05, 4.69) is 26.2 Å². The van der Waals surface area contributed by atoms with E-state index in [1.807, 2.05) is 32.0 Å². The van der Waals surface area contributed by atoms with Crippen molar-refractivity contribution < 1.29 is 14.3 Å². The molecular formula is C16H22N6O3S. The zero-order valence-corrected chi connectivity index (χ0v) is 15.9. The van der Waals surface area contributed by atoms with Gasteiger partial charge in [0.2, 0.25) is 11.1 Å². The summed E-state index contributed by atoms with van der Waals surface area (Å²) in [4.78, 5) is 23.9. The van der Waals surface area contributed by atoms with Crippen LogP contribution < -0.4 is 15.4 Å². The van der Waals surface area contributed by atoms with Gasteiger partial charge in [-0.25, -0.2) is 4.79 Å². The zero-order chi connectivity index (χ0) is 19.1. The van der Waals surface area contributed by atoms with Gasteiger partial charge in [-0.05, 0) is 35.4 Å². The monoisotopic (exact) mass is 378 g/mol. The second-order valence-corrected chi connectivity index (χ2v) is 7.21. The van der Waals surface area contributed by atoms with Gasteiger partial charge in [0.1, 0.15) is 11.4 Å². The minimum absolute atomic E-state index is 0.299. The van der Waals surface area contributed by atoms with Crippen LogP contribution in [0.5, 0.6) is 5.75 Å². The molecule has 1 atom stereocenters. The Kier molecular flexibility index (Phi) is 6.96. The molecule has 2 N–H and O–H groups in total. The molecule has 0 saturated carbocycles. The number of nitrogens with one attached hydrogen (secondary N) is 2. The standard InChI is InChI=1S/C16H22N6O3S/c1-10(2)9-17-15(24)18-14(23)11(3)26-16-19-20-21-22(16)12-7-5-6-8-13(12)25-4/h5-8,10-11H,9H2,1-4H3,(H2,17,18,23,24). The Hall–Kier alpha value is -2.62. The number of carbonyl (C=O) groups excluding carboxylic acids is 2. The van der Waals surface area contributed by atoms with Crippen LogP contribution in [0, 0.1) is 5.92 Å². The average molecular weight is 378 g/mol. The van der Waals surface area contributed by atoms with Gasteiger partial charge in [-0.3, -0.25) is 10.1 Å². The lowest BCUT2D eigenvalue weighted by molar-refractivity contribution is -0.119. The van der Waals surface area contributed by atoms with Crippen molar-refractivity contribution >= 4 is 23.7 Å². The lowest BCUT2D eigenvalue weighted by Gasteiger charge is -2.13. The number of amides is 3. The highest BCUT2D eigenvalue weighted by atomic mass is 32.2. The summed E-state index contributed by atoms with van der Waals surface area (Å²) in [7, 11) is 1.56. The third-order valence-electron chi connectivity index (χ3n) is 3.31. The molecule has 0 fully saturated rings. The third kappa shape index (κ3) is 5.19. The first-order chi connectivity index (χ1) is 12.4. The molecule has 0 spiro atoms. The number of methoxy groups -OCH3 is 1. The van der Waals surface area contributed by atoms with Crippen LogP contribution in [0.15, 0.2) is 29.4 Å². The second kappa shape index (κ2) is 9.18. The number of ether oxygens (including phenoxy) is 1. The number of hydrogen-bond donors (Lipinski definition) is 2. The van der Waals surface area contributed by atoms with Gasteiger partial charge in [0.05, 0.1) is 12.4 Å². The molecule has 10 heteroatoms. The molecule has 1 aromatic carbocycles.